The van der Waals surface area contributed by atoms with Gasteiger partial charge in [-0.3, -0.25) is 14.4 Å². The van der Waals surface area contributed by atoms with E-state index in [-0.39, 0.29) is 36.4 Å². The second kappa shape index (κ2) is 8.40. The third-order valence-corrected chi connectivity index (χ3v) is 7.42. The highest BCUT2D eigenvalue weighted by Gasteiger charge is 2.53. The standard InChI is InChI=1S/C24H32N2O4/c1-15-4-3-5-20(6-15)23(29)25-13-22(28)30-14-21(27)26-16(2)24-10-17-7-18(11-24)9-19(8-17)12-24/h3-6,16-19H,7-14H2,1-2H3,(H,25,29)(H,26,27)/t16-,17?,18?,19?,24?/m0/s1. The largest absolute Gasteiger partial charge is 0.454 e. The summed E-state index contributed by atoms with van der Waals surface area (Å²) in [4.78, 5) is 36.4. The van der Waals surface area contributed by atoms with Gasteiger partial charge in [0, 0.05) is 11.6 Å². The van der Waals surface area contributed by atoms with Crippen LogP contribution in [0.15, 0.2) is 24.3 Å². The van der Waals surface area contributed by atoms with Gasteiger partial charge in [0.15, 0.2) is 6.61 Å². The number of hydrogen-bond acceptors (Lipinski definition) is 4. The van der Waals surface area contributed by atoms with Crippen molar-refractivity contribution >= 4 is 17.8 Å². The molecule has 0 radical (unpaired) electrons. The van der Waals surface area contributed by atoms with Crippen molar-refractivity contribution < 1.29 is 19.1 Å². The van der Waals surface area contributed by atoms with Crippen molar-refractivity contribution in [2.75, 3.05) is 13.2 Å². The molecule has 2 N–H and O–H groups in total. The molecule has 1 aromatic carbocycles. The molecule has 1 aromatic rings. The Labute approximate surface area is 178 Å². The molecule has 5 rings (SSSR count). The summed E-state index contributed by atoms with van der Waals surface area (Å²) >= 11 is 0. The van der Waals surface area contributed by atoms with Crippen molar-refractivity contribution in [1.82, 2.24) is 10.6 Å². The van der Waals surface area contributed by atoms with Gasteiger partial charge in [-0.15, -0.1) is 0 Å². The zero-order chi connectivity index (χ0) is 21.3. The second-order valence-electron chi connectivity index (χ2n) is 9.78. The van der Waals surface area contributed by atoms with Gasteiger partial charge in [0.05, 0.1) is 0 Å². The van der Waals surface area contributed by atoms with E-state index in [0.29, 0.717) is 5.56 Å². The van der Waals surface area contributed by atoms with Gasteiger partial charge in [0.1, 0.15) is 6.54 Å². The van der Waals surface area contributed by atoms with E-state index in [0.717, 1.165) is 23.3 Å². The van der Waals surface area contributed by atoms with Crippen LogP contribution >= 0.6 is 0 Å². The molecule has 4 saturated carbocycles. The van der Waals surface area contributed by atoms with Crippen LogP contribution in [-0.2, 0) is 14.3 Å². The molecule has 6 nitrogen and oxygen atoms in total. The van der Waals surface area contributed by atoms with Crippen molar-refractivity contribution in [3.8, 4) is 0 Å². The second-order valence-corrected chi connectivity index (χ2v) is 9.78. The summed E-state index contributed by atoms with van der Waals surface area (Å²) in [5.74, 6) is 1.25. The molecule has 0 unspecified atom stereocenters. The molecular weight excluding hydrogens is 380 g/mol. The van der Waals surface area contributed by atoms with Crippen LogP contribution in [0.4, 0.5) is 0 Å². The van der Waals surface area contributed by atoms with Crippen LogP contribution in [0.25, 0.3) is 0 Å². The van der Waals surface area contributed by atoms with E-state index in [1.54, 1.807) is 18.2 Å². The van der Waals surface area contributed by atoms with Gasteiger partial charge >= 0.3 is 5.97 Å². The van der Waals surface area contributed by atoms with Crippen LogP contribution < -0.4 is 10.6 Å². The number of amides is 2. The SMILES string of the molecule is Cc1cccc(C(=O)NCC(=O)OCC(=O)N[C@@H](C)C23CC4CC(CC(C4)C2)C3)c1. The van der Waals surface area contributed by atoms with Gasteiger partial charge < -0.3 is 15.4 Å². The van der Waals surface area contributed by atoms with Crippen LogP contribution in [0, 0.1) is 30.1 Å². The number of esters is 1. The van der Waals surface area contributed by atoms with E-state index in [2.05, 4.69) is 17.6 Å². The molecule has 0 aliphatic heterocycles. The highest BCUT2D eigenvalue weighted by molar-refractivity contribution is 5.96. The number of nitrogens with one attached hydrogen (secondary N) is 2. The van der Waals surface area contributed by atoms with Crippen LogP contribution in [-0.4, -0.2) is 37.0 Å². The zero-order valence-electron chi connectivity index (χ0n) is 17.9. The summed E-state index contributed by atoms with van der Waals surface area (Å²) in [5.41, 5.74) is 1.68. The highest BCUT2D eigenvalue weighted by atomic mass is 16.5. The Morgan fingerprint density at radius 2 is 1.73 bits per heavy atom. The van der Waals surface area contributed by atoms with Crippen LogP contribution in [0.5, 0.6) is 0 Å². The van der Waals surface area contributed by atoms with Gasteiger partial charge in [0.2, 0.25) is 0 Å². The minimum Gasteiger partial charge on any atom is -0.454 e. The van der Waals surface area contributed by atoms with Crippen LogP contribution in [0.1, 0.15) is 61.4 Å². The van der Waals surface area contributed by atoms with Crippen LogP contribution in [0.3, 0.4) is 0 Å². The van der Waals surface area contributed by atoms with E-state index in [4.69, 9.17) is 4.74 Å². The molecule has 0 spiro atoms. The molecule has 4 aliphatic carbocycles. The quantitative estimate of drug-likeness (QED) is 0.675. The highest BCUT2D eigenvalue weighted by Crippen LogP contribution is 2.61. The third kappa shape index (κ3) is 4.52. The Kier molecular flexibility index (Phi) is 5.85. The first kappa shape index (κ1) is 20.9. The normalized spacial score (nSPS) is 29.9. The molecule has 0 saturated heterocycles. The van der Waals surface area contributed by atoms with Crippen molar-refractivity contribution in [2.45, 2.75) is 58.4 Å². The van der Waals surface area contributed by atoms with E-state index in [9.17, 15) is 14.4 Å². The maximum atomic E-state index is 12.4. The van der Waals surface area contributed by atoms with Crippen molar-refractivity contribution in [3.63, 3.8) is 0 Å². The van der Waals surface area contributed by atoms with Crippen molar-refractivity contribution in [3.05, 3.63) is 35.4 Å². The summed E-state index contributed by atoms with van der Waals surface area (Å²) in [6.07, 6.45) is 7.74. The van der Waals surface area contributed by atoms with Gasteiger partial charge in [-0.2, -0.15) is 0 Å². The Bertz CT molecular complexity index is 799. The van der Waals surface area contributed by atoms with Crippen molar-refractivity contribution in [2.24, 2.45) is 23.2 Å². The number of rotatable bonds is 7. The first-order valence-corrected chi connectivity index (χ1v) is 11.1. The Morgan fingerprint density at radius 1 is 1.10 bits per heavy atom. The number of ether oxygens (including phenoxy) is 1. The Hall–Kier alpha value is -2.37. The molecule has 30 heavy (non-hydrogen) atoms. The molecule has 4 aliphatic rings. The van der Waals surface area contributed by atoms with Gasteiger partial charge in [-0.1, -0.05) is 17.7 Å². The minimum absolute atomic E-state index is 0.0955. The van der Waals surface area contributed by atoms with E-state index in [1.807, 2.05) is 13.0 Å². The summed E-state index contributed by atoms with van der Waals surface area (Å²) in [6, 6.07) is 7.22. The lowest BCUT2D eigenvalue weighted by molar-refractivity contribution is -0.148. The molecule has 4 bridgehead atoms. The van der Waals surface area contributed by atoms with Gasteiger partial charge in [0.25, 0.3) is 11.8 Å². The minimum atomic E-state index is -0.617. The topological polar surface area (TPSA) is 84.5 Å². The fourth-order valence-corrected chi connectivity index (χ4v) is 6.38. The summed E-state index contributed by atoms with van der Waals surface area (Å²) < 4.78 is 5.07. The average molecular weight is 413 g/mol. The monoisotopic (exact) mass is 412 g/mol. The number of carbonyl (C=O) groups is 3. The van der Waals surface area contributed by atoms with Crippen molar-refractivity contribution in [1.29, 1.82) is 0 Å². The molecular formula is C24H32N2O4. The summed E-state index contributed by atoms with van der Waals surface area (Å²) in [7, 11) is 0. The lowest BCUT2D eigenvalue weighted by atomic mass is 9.48. The fraction of sp³-hybridized carbons (Fsp3) is 0.625. The number of aryl methyl sites for hydroxylation is 1. The fourth-order valence-electron chi connectivity index (χ4n) is 6.38. The Balaban J connectivity index is 1.20. The maximum absolute atomic E-state index is 12.4. The Morgan fingerprint density at radius 3 is 2.33 bits per heavy atom. The summed E-state index contributed by atoms with van der Waals surface area (Å²) in [6.45, 7) is 3.43. The van der Waals surface area contributed by atoms with Gasteiger partial charge in [-0.25, -0.2) is 0 Å². The zero-order valence-corrected chi connectivity index (χ0v) is 17.9. The number of hydrogen-bond donors (Lipinski definition) is 2. The van der Waals surface area contributed by atoms with Crippen LogP contribution in [0.2, 0.25) is 0 Å². The molecule has 4 fully saturated rings. The predicted molar refractivity (Wildman–Crippen MR) is 113 cm³/mol. The van der Waals surface area contributed by atoms with E-state index in [1.165, 1.54) is 38.5 Å². The first-order valence-electron chi connectivity index (χ1n) is 11.1. The molecule has 0 heterocycles. The molecule has 0 aromatic heterocycles. The first-order chi connectivity index (χ1) is 14.3. The molecule has 1 atom stereocenters. The lowest BCUT2D eigenvalue weighted by Gasteiger charge is -2.59. The predicted octanol–water partition coefficient (Wildman–Crippen LogP) is 2.99. The average Bonchev–Trinajstić information content (AvgIpc) is 2.69. The summed E-state index contributed by atoms with van der Waals surface area (Å²) in [5, 5.41) is 5.62. The van der Waals surface area contributed by atoms with E-state index >= 15 is 0 Å². The lowest BCUT2D eigenvalue weighted by Crippen LogP contribution is -2.56. The molecule has 162 valence electrons. The van der Waals surface area contributed by atoms with Gasteiger partial charge in [-0.05, 0) is 87.7 Å². The van der Waals surface area contributed by atoms with E-state index < -0.39 is 5.97 Å². The third-order valence-electron chi connectivity index (χ3n) is 7.42. The molecule has 6 heteroatoms. The number of carbonyl (C=O) groups excluding carboxylic acids is 3. The molecule has 2 amide bonds. The smallest absolute Gasteiger partial charge is 0.325 e. The maximum Gasteiger partial charge on any atom is 0.325 e. The number of benzene rings is 1.